The smallest absolute Gasteiger partial charge is 0.0775 e. The fourth-order valence-electron chi connectivity index (χ4n) is 2.90. The molecule has 2 unspecified atom stereocenters. The molecule has 0 aromatic carbocycles. The standard InChI is InChI=1S/C15H32N2O/c1-12(2)13-7-9-17(11-13)10-8-14(16-5)15(3,4)18-6/h12-14,16H,7-11H2,1-6H3. The first-order valence-corrected chi connectivity index (χ1v) is 7.35. The third-order valence-corrected chi connectivity index (χ3v) is 4.70. The molecule has 1 N–H and O–H groups in total. The molecule has 1 heterocycles. The van der Waals surface area contributed by atoms with E-state index >= 15 is 0 Å². The number of likely N-dealkylation sites (N-methyl/N-ethyl adjacent to an activating group) is 1. The number of nitrogens with zero attached hydrogens (tertiary/aromatic N) is 1. The summed E-state index contributed by atoms with van der Waals surface area (Å²) in [4.78, 5) is 2.61. The van der Waals surface area contributed by atoms with Crippen molar-refractivity contribution < 1.29 is 4.74 Å². The number of hydrogen-bond acceptors (Lipinski definition) is 3. The zero-order valence-electron chi connectivity index (χ0n) is 13.1. The maximum Gasteiger partial charge on any atom is 0.0775 e. The van der Waals surface area contributed by atoms with E-state index in [9.17, 15) is 0 Å². The minimum absolute atomic E-state index is 0.0913. The SMILES string of the molecule is CNC(CCN1CCC(C(C)C)C1)C(C)(C)OC. The van der Waals surface area contributed by atoms with Gasteiger partial charge < -0.3 is 15.0 Å². The normalized spacial score (nSPS) is 23.8. The largest absolute Gasteiger partial charge is 0.377 e. The number of likely N-dealkylation sites (tertiary alicyclic amines) is 1. The molecule has 0 bridgehead atoms. The Kier molecular flexibility index (Phi) is 6.09. The lowest BCUT2D eigenvalue weighted by Gasteiger charge is -2.34. The van der Waals surface area contributed by atoms with Gasteiger partial charge in [0.25, 0.3) is 0 Å². The Morgan fingerprint density at radius 2 is 2.06 bits per heavy atom. The third kappa shape index (κ3) is 4.22. The van der Waals surface area contributed by atoms with E-state index in [0.717, 1.165) is 18.3 Å². The molecule has 0 aromatic rings. The van der Waals surface area contributed by atoms with Gasteiger partial charge in [0, 0.05) is 19.7 Å². The molecule has 3 heteroatoms. The molecule has 1 aliphatic rings. The van der Waals surface area contributed by atoms with Crippen LogP contribution in [0.25, 0.3) is 0 Å². The maximum absolute atomic E-state index is 5.58. The molecule has 1 fully saturated rings. The Hall–Kier alpha value is -0.120. The summed E-state index contributed by atoms with van der Waals surface area (Å²) in [7, 11) is 3.83. The highest BCUT2D eigenvalue weighted by molar-refractivity contribution is 4.86. The quantitative estimate of drug-likeness (QED) is 0.757. The highest BCUT2D eigenvalue weighted by atomic mass is 16.5. The van der Waals surface area contributed by atoms with Crippen molar-refractivity contribution in [1.29, 1.82) is 0 Å². The summed E-state index contributed by atoms with van der Waals surface area (Å²) in [5.74, 6) is 1.72. The van der Waals surface area contributed by atoms with Gasteiger partial charge in [0.05, 0.1) is 5.60 Å². The molecule has 1 rings (SSSR count). The topological polar surface area (TPSA) is 24.5 Å². The van der Waals surface area contributed by atoms with E-state index in [1.807, 2.05) is 7.05 Å². The van der Waals surface area contributed by atoms with Crippen LogP contribution in [-0.4, -0.2) is 50.3 Å². The van der Waals surface area contributed by atoms with Crippen molar-refractivity contribution in [3.63, 3.8) is 0 Å². The van der Waals surface area contributed by atoms with Crippen molar-refractivity contribution in [3.05, 3.63) is 0 Å². The van der Waals surface area contributed by atoms with Gasteiger partial charge in [0.1, 0.15) is 0 Å². The summed E-state index contributed by atoms with van der Waals surface area (Å²) in [6, 6.07) is 0.417. The summed E-state index contributed by atoms with van der Waals surface area (Å²) in [5, 5.41) is 3.40. The average molecular weight is 256 g/mol. The van der Waals surface area contributed by atoms with Crippen LogP contribution in [0.1, 0.15) is 40.5 Å². The van der Waals surface area contributed by atoms with Crippen molar-refractivity contribution in [2.45, 2.75) is 52.2 Å². The number of ether oxygens (including phenoxy) is 1. The molecule has 0 aromatic heterocycles. The van der Waals surface area contributed by atoms with Gasteiger partial charge in [-0.15, -0.1) is 0 Å². The number of methoxy groups -OCH3 is 1. The fourth-order valence-corrected chi connectivity index (χ4v) is 2.90. The fraction of sp³-hybridized carbons (Fsp3) is 1.00. The van der Waals surface area contributed by atoms with Gasteiger partial charge in [-0.3, -0.25) is 0 Å². The van der Waals surface area contributed by atoms with Crippen LogP contribution >= 0.6 is 0 Å². The highest BCUT2D eigenvalue weighted by Crippen LogP contribution is 2.24. The summed E-state index contributed by atoms with van der Waals surface area (Å²) in [5.41, 5.74) is -0.0913. The first-order chi connectivity index (χ1) is 8.40. The van der Waals surface area contributed by atoms with E-state index in [0.29, 0.717) is 6.04 Å². The molecule has 0 spiro atoms. The third-order valence-electron chi connectivity index (χ3n) is 4.70. The van der Waals surface area contributed by atoms with Gasteiger partial charge in [0.15, 0.2) is 0 Å². The number of hydrogen-bond donors (Lipinski definition) is 1. The average Bonchev–Trinajstić information content (AvgIpc) is 2.78. The summed E-state index contributed by atoms with van der Waals surface area (Å²) in [6.45, 7) is 12.7. The molecular weight excluding hydrogens is 224 g/mol. The summed E-state index contributed by atoms with van der Waals surface area (Å²) in [6.07, 6.45) is 2.53. The molecule has 0 saturated carbocycles. The second-order valence-electron chi connectivity index (χ2n) is 6.53. The summed E-state index contributed by atoms with van der Waals surface area (Å²) >= 11 is 0. The van der Waals surface area contributed by atoms with Gasteiger partial charge in [-0.2, -0.15) is 0 Å². The lowest BCUT2D eigenvalue weighted by molar-refractivity contribution is -0.0124. The van der Waals surface area contributed by atoms with Gasteiger partial charge in [-0.25, -0.2) is 0 Å². The number of rotatable bonds is 7. The Bertz CT molecular complexity index is 241. The molecule has 0 amide bonds. The maximum atomic E-state index is 5.58. The zero-order chi connectivity index (χ0) is 13.8. The van der Waals surface area contributed by atoms with Crippen molar-refractivity contribution in [3.8, 4) is 0 Å². The second-order valence-corrected chi connectivity index (χ2v) is 6.53. The monoisotopic (exact) mass is 256 g/mol. The van der Waals surface area contributed by atoms with E-state index in [2.05, 4.69) is 37.9 Å². The molecule has 1 saturated heterocycles. The van der Waals surface area contributed by atoms with Crippen LogP contribution in [0.2, 0.25) is 0 Å². The van der Waals surface area contributed by atoms with Crippen LogP contribution in [0.15, 0.2) is 0 Å². The van der Waals surface area contributed by atoms with Crippen molar-refractivity contribution in [2.24, 2.45) is 11.8 Å². The van der Waals surface area contributed by atoms with Crippen LogP contribution in [0, 0.1) is 11.8 Å². The van der Waals surface area contributed by atoms with E-state index in [4.69, 9.17) is 4.74 Å². The number of nitrogens with one attached hydrogen (secondary N) is 1. The van der Waals surface area contributed by atoms with Crippen LogP contribution < -0.4 is 5.32 Å². The molecule has 2 atom stereocenters. The van der Waals surface area contributed by atoms with Crippen LogP contribution in [-0.2, 0) is 4.74 Å². The van der Waals surface area contributed by atoms with Gasteiger partial charge in [-0.05, 0) is 58.7 Å². The van der Waals surface area contributed by atoms with Crippen LogP contribution in [0.3, 0.4) is 0 Å². The minimum atomic E-state index is -0.0913. The minimum Gasteiger partial charge on any atom is -0.377 e. The van der Waals surface area contributed by atoms with Crippen molar-refractivity contribution >= 4 is 0 Å². The molecule has 3 nitrogen and oxygen atoms in total. The van der Waals surface area contributed by atoms with E-state index in [1.165, 1.54) is 26.1 Å². The predicted molar refractivity (Wildman–Crippen MR) is 77.9 cm³/mol. The lowest BCUT2D eigenvalue weighted by Crippen LogP contribution is -2.48. The lowest BCUT2D eigenvalue weighted by atomic mass is 9.95. The van der Waals surface area contributed by atoms with Gasteiger partial charge >= 0.3 is 0 Å². The predicted octanol–water partition coefficient (Wildman–Crippen LogP) is 2.37. The zero-order valence-corrected chi connectivity index (χ0v) is 13.1. The molecule has 0 aliphatic carbocycles. The van der Waals surface area contributed by atoms with Crippen LogP contribution in [0.4, 0.5) is 0 Å². The van der Waals surface area contributed by atoms with Gasteiger partial charge in [0.2, 0.25) is 0 Å². The Labute approximate surface area is 113 Å². The van der Waals surface area contributed by atoms with Crippen molar-refractivity contribution in [1.82, 2.24) is 10.2 Å². The van der Waals surface area contributed by atoms with E-state index < -0.39 is 0 Å². The Morgan fingerprint density at radius 1 is 1.39 bits per heavy atom. The molecule has 0 radical (unpaired) electrons. The first-order valence-electron chi connectivity index (χ1n) is 7.35. The summed E-state index contributed by atoms with van der Waals surface area (Å²) < 4.78 is 5.58. The molecule has 108 valence electrons. The highest BCUT2D eigenvalue weighted by Gasteiger charge is 2.30. The molecule has 18 heavy (non-hydrogen) atoms. The second kappa shape index (κ2) is 6.88. The van der Waals surface area contributed by atoms with Crippen molar-refractivity contribution in [2.75, 3.05) is 33.8 Å². The van der Waals surface area contributed by atoms with Crippen LogP contribution in [0.5, 0.6) is 0 Å². The molecular formula is C15H32N2O. The van der Waals surface area contributed by atoms with Gasteiger partial charge in [-0.1, -0.05) is 13.8 Å². The Morgan fingerprint density at radius 3 is 2.50 bits per heavy atom. The molecule has 1 aliphatic heterocycles. The van der Waals surface area contributed by atoms with E-state index in [1.54, 1.807) is 7.11 Å². The Balaban J connectivity index is 2.36. The van der Waals surface area contributed by atoms with E-state index in [-0.39, 0.29) is 5.60 Å². The first kappa shape index (κ1) is 15.9.